The number of thiophene rings is 1. The summed E-state index contributed by atoms with van der Waals surface area (Å²) in [6.07, 6.45) is 2.27. The first kappa shape index (κ1) is 21.1. The molecule has 0 unspecified atom stereocenters. The van der Waals surface area contributed by atoms with Gasteiger partial charge in [-0.05, 0) is 42.2 Å². The number of aryl methyl sites for hydroxylation is 1. The highest BCUT2D eigenvalue weighted by atomic mass is 127. The molecular weight excluding hydrogens is 461 g/mol. The van der Waals surface area contributed by atoms with Crippen LogP contribution in [0.5, 0.6) is 0 Å². The average molecular weight is 489 g/mol. The van der Waals surface area contributed by atoms with E-state index in [1.54, 1.807) is 11.3 Å². The van der Waals surface area contributed by atoms with Crippen molar-refractivity contribution >= 4 is 41.3 Å². The Morgan fingerprint density at radius 2 is 2.12 bits per heavy atom. The number of nitrogens with zero attached hydrogens (tertiary/aromatic N) is 5. The molecule has 1 aliphatic rings. The summed E-state index contributed by atoms with van der Waals surface area (Å²) in [4.78, 5) is 6.86. The van der Waals surface area contributed by atoms with Crippen molar-refractivity contribution in [1.82, 2.24) is 30.3 Å². The van der Waals surface area contributed by atoms with Gasteiger partial charge in [-0.2, -0.15) is 11.3 Å². The van der Waals surface area contributed by atoms with Gasteiger partial charge >= 0.3 is 0 Å². The minimum Gasteiger partial charge on any atom is -0.354 e. The fraction of sp³-hybridized carbons (Fsp3) is 0.588. The van der Waals surface area contributed by atoms with Crippen LogP contribution in [0.1, 0.15) is 30.1 Å². The predicted octanol–water partition coefficient (Wildman–Crippen LogP) is 2.13. The Balaban J connectivity index is 0.00000243. The molecule has 0 aromatic carbocycles. The molecule has 2 aromatic rings. The van der Waals surface area contributed by atoms with E-state index in [-0.39, 0.29) is 24.0 Å². The fourth-order valence-corrected chi connectivity index (χ4v) is 3.69. The van der Waals surface area contributed by atoms with Crippen LogP contribution in [0.15, 0.2) is 21.8 Å². The molecule has 0 atom stereocenters. The van der Waals surface area contributed by atoms with Gasteiger partial charge < -0.3 is 15.2 Å². The number of piperidine rings is 1. The van der Waals surface area contributed by atoms with Gasteiger partial charge in [-0.1, -0.05) is 0 Å². The number of nitrogens with one attached hydrogen (secondary N) is 2. The summed E-state index contributed by atoms with van der Waals surface area (Å²) in [5.74, 6) is 2.65. The first-order valence-electron chi connectivity index (χ1n) is 8.71. The third-order valence-corrected chi connectivity index (χ3v) is 5.47. The van der Waals surface area contributed by atoms with Crippen molar-refractivity contribution in [2.45, 2.75) is 38.9 Å². The smallest absolute Gasteiger partial charge is 0.191 e. The van der Waals surface area contributed by atoms with Crippen LogP contribution < -0.4 is 10.6 Å². The van der Waals surface area contributed by atoms with E-state index in [0.29, 0.717) is 12.6 Å². The van der Waals surface area contributed by atoms with Crippen LogP contribution in [0, 0.1) is 6.92 Å². The Kier molecular flexibility index (Phi) is 8.29. The second kappa shape index (κ2) is 10.2. The van der Waals surface area contributed by atoms with Gasteiger partial charge in [-0.25, -0.2) is 0 Å². The summed E-state index contributed by atoms with van der Waals surface area (Å²) < 4.78 is 1.99. The van der Waals surface area contributed by atoms with Gasteiger partial charge in [0.25, 0.3) is 0 Å². The summed E-state index contributed by atoms with van der Waals surface area (Å²) in [5, 5.41) is 19.5. The summed E-state index contributed by atoms with van der Waals surface area (Å²) in [6, 6.07) is 2.68. The molecule has 144 valence electrons. The van der Waals surface area contributed by atoms with Crippen molar-refractivity contribution in [2.24, 2.45) is 12.0 Å². The lowest BCUT2D eigenvalue weighted by molar-refractivity contribution is 0.198. The number of aromatic nitrogens is 3. The molecule has 9 heteroatoms. The van der Waals surface area contributed by atoms with Gasteiger partial charge in [-0.15, -0.1) is 34.2 Å². The number of halogens is 1. The number of hydrogen-bond donors (Lipinski definition) is 2. The maximum Gasteiger partial charge on any atom is 0.191 e. The van der Waals surface area contributed by atoms with Crippen molar-refractivity contribution in [1.29, 1.82) is 0 Å². The molecule has 26 heavy (non-hydrogen) atoms. The lowest BCUT2D eigenvalue weighted by Gasteiger charge is -2.32. The number of guanidine groups is 1. The molecule has 3 heterocycles. The minimum atomic E-state index is 0. The zero-order valence-electron chi connectivity index (χ0n) is 15.6. The van der Waals surface area contributed by atoms with Crippen LogP contribution in [0.25, 0.3) is 0 Å². The van der Waals surface area contributed by atoms with Crippen LogP contribution in [-0.4, -0.2) is 51.8 Å². The van der Waals surface area contributed by atoms with Gasteiger partial charge in [-0.3, -0.25) is 9.89 Å². The lowest BCUT2D eigenvalue weighted by atomic mass is 10.0. The van der Waals surface area contributed by atoms with Crippen molar-refractivity contribution < 1.29 is 0 Å². The summed E-state index contributed by atoms with van der Waals surface area (Å²) in [6.45, 7) is 5.87. The maximum absolute atomic E-state index is 4.34. The molecule has 1 saturated heterocycles. The molecule has 1 fully saturated rings. The highest BCUT2D eigenvalue weighted by Crippen LogP contribution is 2.15. The second-order valence-electron chi connectivity index (χ2n) is 6.47. The molecule has 0 amide bonds. The summed E-state index contributed by atoms with van der Waals surface area (Å²) >= 11 is 1.77. The molecule has 1 aliphatic heterocycles. The van der Waals surface area contributed by atoms with Crippen molar-refractivity contribution in [3.8, 4) is 0 Å². The van der Waals surface area contributed by atoms with Crippen molar-refractivity contribution in [3.05, 3.63) is 34.0 Å². The van der Waals surface area contributed by atoms with Crippen molar-refractivity contribution in [2.75, 3.05) is 20.1 Å². The Bertz CT molecular complexity index is 690. The zero-order valence-corrected chi connectivity index (χ0v) is 18.8. The molecule has 2 aromatic heterocycles. The number of aliphatic imine (C=N–C) groups is 1. The minimum absolute atomic E-state index is 0. The van der Waals surface area contributed by atoms with Gasteiger partial charge in [0.15, 0.2) is 11.8 Å². The van der Waals surface area contributed by atoms with E-state index in [4.69, 9.17) is 0 Å². The van der Waals surface area contributed by atoms with Crippen LogP contribution in [0.4, 0.5) is 0 Å². The molecule has 7 nitrogen and oxygen atoms in total. The number of likely N-dealkylation sites (tertiary alicyclic amines) is 1. The van der Waals surface area contributed by atoms with E-state index in [1.165, 1.54) is 5.56 Å². The molecule has 0 aliphatic carbocycles. The Labute approximate surface area is 176 Å². The van der Waals surface area contributed by atoms with Crippen LogP contribution in [-0.2, 0) is 20.1 Å². The quantitative estimate of drug-likeness (QED) is 0.383. The highest BCUT2D eigenvalue weighted by Gasteiger charge is 2.20. The molecular formula is C17H28IN7S. The van der Waals surface area contributed by atoms with Crippen LogP contribution in [0.3, 0.4) is 0 Å². The largest absolute Gasteiger partial charge is 0.354 e. The first-order chi connectivity index (χ1) is 12.2. The Morgan fingerprint density at radius 1 is 1.35 bits per heavy atom. The average Bonchev–Trinajstić information content (AvgIpc) is 3.24. The monoisotopic (exact) mass is 489 g/mol. The predicted molar refractivity (Wildman–Crippen MR) is 117 cm³/mol. The molecule has 0 bridgehead atoms. The van der Waals surface area contributed by atoms with E-state index in [9.17, 15) is 0 Å². The van der Waals surface area contributed by atoms with E-state index in [1.807, 2.05) is 25.6 Å². The van der Waals surface area contributed by atoms with E-state index >= 15 is 0 Å². The summed E-state index contributed by atoms with van der Waals surface area (Å²) in [7, 11) is 3.79. The van der Waals surface area contributed by atoms with E-state index in [0.717, 1.165) is 50.1 Å². The molecule has 0 saturated carbocycles. The normalized spacial score (nSPS) is 16.3. The van der Waals surface area contributed by atoms with Gasteiger partial charge in [0, 0.05) is 39.8 Å². The third-order valence-electron chi connectivity index (χ3n) is 4.73. The van der Waals surface area contributed by atoms with E-state index < -0.39 is 0 Å². The summed E-state index contributed by atoms with van der Waals surface area (Å²) in [5.41, 5.74) is 1.42. The third kappa shape index (κ3) is 5.65. The first-order valence-corrected chi connectivity index (χ1v) is 9.65. The lowest BCUT2D eigenvalue weighted by Crippen LogP contribution is -2.48. The molecule has 0 radical (unpaired) electrons. The Hall–Kier alpha value is -1.20. The molecule has 0 spiro atoms. The standard InChI is InChI=1S/C17H27N7S.HI/c1-13-21-22-16(23(13)3)10-19-17(18-2)20-15-4-7-24(8-5-15)11-14-6-9-25-12-14;/h6,9,12,15H,4-5,7-8,10-11H2,1-3H3,(H2,18,19,20);1H. The molecule has 2 N–H and O–H groups in total. The highest BCUT2D eigenvalue weighted by molar-refractivity contribution is 14.0. The Morgan fingerprint density at radius 3 is 2.69 bits per heavy atom. The van der Waals surface area contributed by atoms with Gasteiger partial charge in [0.05, 0.1) is 6.54 Å². The van der Waals surface area contributed by atoms with E-state index in [2.05, 4.69) is 47.5 Å². The topological polar surface area (TPSA) is 70.4 Å². The number of rotatable bonds is 5. The zero-order chi connectivity index (χ0) is 17.6. The fourth-order valence-electron chi connectivity index (χ4n) is 3.03. The SMILES string of the molecule is CN=C(NCc1nnc(C)n1C)NC1CCN(Cc2ccsc2)CC1.I. The van der Waals surface area contributed by atoms with Gasteiger partial charge in [0.2, 0.25) is 0 Å². The van der Waals surface area contributed by atoms with Gasteiger partial charge in [0.1, 0.15) is 5.82 Å². The van der Waals surface area contributed by atoms with Crippen LogP contribution >= 0.6 is 35.3 Å². The maximum atomic E-state index is 4.34. The molecule has 3 rings (SSSR count). The second-order valence-corrected chi connectivity index (χ2v) is 7.25. The van der Waals surface area contributed by atoms with Crippen LogP contribution in [0.2, 0.25) is 0 Å². The van der Waals surface area contributed by atoms with Crippen molar-refractivity contribution in [3.63, 3.8) is 0 Å². The number of hydrogen-bond acceptors (Lipinski definition) is 5.